The molecule has 0 saturated carbocycles. The topological polar surface area (TPSA) is 65.1 Å². The second-order valence-corrected chi connectivity index (χ2v) is 4.87. The molecule has 1 atom stereocenters. The zero-order chi connectivity index (χ0) is 14.5. The van der Waals surface area contributed by atoms with E-state index in [1.165, 1.54) is 0 Å². The van der Waals surface area contributed by atoms with Crippen molar-refractivity contribution in [2.24, 2.45) is 5.84 Å². The van der Waals surface area contributed by atoms with Crippen LogP contribution < -0.4 is 16.0 Å². The summed E-state index contributed by atoms with van der Waals surface area (Å²) in [6, 6.07) is 6.00. The van der Waals surface area contributed by atoms with E-state index in [0.717, 1.165) is 35.4 Å². The van der Waals surface area contributed by atoms with Crippen molar-refractivity contribution in [2.45, 2.75) is 32.9 Å². The maximum Gasteiger partial charge on any atom is 0.121 e. The number of methoxy groups -OCH3 is 1. The average molecular weight is 274 g/mol. The van der Waals surface area contributed by atoms with Crippen LogP contribution in [0.1, 0.15) is 36.1 Å². The van der Waals surface area contributed by atoms with E-state index >= 15 is 0 Å². The van der Waals surface area contributed by atoms with E-state index in [2.05, 4.69) is 23.5 Å². The van der Waals surface area contributed by atoms with E-state index in [1.807, 2.05) is 36.1 Å². The predicted molar refractivity (Wildman–Crippen MR) is 79.4 cm³/mol. The van der Waals surface area contributed by atoms with Crippen LogP contribution in [0.5, 0.6) is 5.75 Å². The van der Waals surface area contributed by atoms with Gasteiger partial charge in [0.05, 0.1) is 19.3 Å². The van der Waals surface area contributed by atoms with Gasteiger partial charge in [0.2, 0.25) is 0 Å². The molecule has 0 fully saturated rings. The lowest BCUT2D eigenvalue weighted by Crippen LogP contribution is -2.28. The summed E-state index contributed by atoms with van der Waals surface area (Å²) in [5, 5.41) is 4.35. The number of nitrogens with one attached hydrogen (secondary N) is 1. The average Bonchev–Trinajstić information content (AvgIpc) is 2.89. The van der Waals surface area contributed by atoms with Crippen LogP contribution in [0.15, 0.2) is 30.6 Å². The van der Waals surface area contributed by atoms with Gasteiger partial charge in [0.1, 0.15) is 5.75 Å². The minimum absolute atomic E-state index is 0.0646. The molecule has 0 amide bonds. The lowest BCUT2D eigenvalue weighted by molar-refractivity contribution is 0.411. The second kappa shape index (κ2) is 6.54. The fourth-order valence-corrected chi connectivity index (χ4v) is 2.35. The van der Waals surface area contributed by atoms with Crippen molar-refractivity contribution in [1.82, 2.24) is 15.2 Å². The van der Waals surface area contributed by atoms with Gasteiger partial charge in [0.15, 0.2) is 0 Å². The number of hydrogen-bond acceptors (Lipinski definition) is 4. The molecule has 1 aromatic heterocycles. The van der Waals surface area contributed by atoms with Crippen molar-refractivity contribution in [3.63, 3.8) is 0 Å². The third-order valence-electron chi connectivity index (χ3n) is 3.36. The van der Waals surface area contributed by atoms with Gasteiger partial charge in [-0.2, -0.15) is 5.10 Å². The van der Waals surface area contributed by atoms with Crippen molar-refractivity contribution >= 4 is 0 Å². The Morgan fingerprint density at radius 3 is 2.80 bits per heavy atom. The molecule has 2 aromatic rings. The normalized spacial score (nSPS) is 12.4. The van der Waals surface area contributed by atoms with Crippen LogP contribution in [0.4, 0.5) is 0 Å². The van der Waals surface area contributed by atoms with Crippen molar-refractivity contribution in [1.29, 1.82) is 0 Å². The molecule has 0 spiro atoms. The maximum atomic E-state index is 5.72. The molecule has 0 aliphatic heterocycles. The third kappa shape index (κ3) is 3.00. The molecule has 20 heavy (non-hydrogen) atoms. The van der Waals surface area contributed by atoms with Crippen molar-refractivity contribution in [3.05, 3.63) is 47.3 Å². The lowest BCUT2D eigenvalue weighted by atomic mass is 10.00. The minimum atomic E-state index is -0.0646. The number of hydrazine groups is 1. The number of nitrogens with zero attached hydrogens (tertiary/aromatic N) is 2. The van der Waals surface area contributed by atoms with Crippen LogP contribution in [0.2, 0.25) is 0 Å². The number of aryl methyl sites for hydroxylation is 2. The zero-order valence-corrected chi connectivity index (χ0v) is 12.3. The summed E-state index contributed by atoms with van der Waals surface area (Å²) in [6.45, 7) is 5.07. The molecule has 0 bridgehead atoms. The Balaban J connectivity index is 2.28. The summed E-state index contributed by atoms with van der Waals surface area (Å²) < 4.78 is 7.23. The Kier molecular flexibility index (Phi) is 4.76. The van der Waals surface area contributed by atoms with Gasteiger partial charge in [-0.05, 0) is 30.5 Å². The highest BCUT2D eigenvalue weighted by atomic mass is 16.5. The highest BCUT2D eigenvalue weighted by Gasteiger charge is 2.15. The van der Waals surface area contributed by atoms with Gasteiger partial charge >= 0.3 is 0 Å². The summed E-state index contributed by atoms with van der Waals surface area (Å²) in [5.41, 5.74) is 6.11. The van der Waals surface area contributed by atoms with E-state index in [9.17, 15) is 0 Å². The SMILES string of the molecule is CCCn1cc(C(NN)c2ccc(OC)c(C)c2)cn1. The molecule has 5 nitrogen and oxygen atoms in total. The number of hydrogen-bond donors (Lipinski definition) is 2. The molecule has 1 aromatic carbocycles. The highest BCUT2D eigenvalue weighted by molar-refractivity contribution is 5.40. The second-order valence-electron chi connectivity index (χ2n) is 4.87. The Hall–Kier alpha value is -1.85. The molecule has 108 valence electrons. The molecular formula is C15H22N4O. The predicted octanol–water partition coefficient (Wildman–Crippen LogP) is 2.16. The molecule has 1 unspecified atom stereocenters. The first-order chi connectivity index (χ1) is 9.69. The number of benzene rings is 1. The lowest BCUT2D eigenvalue weighted by Gasteiger charge is -2.16. The van der Waals surface area contributed by atoms with E-state index < -0.39 is 0 Å². The fraction of sp³-hybridized carbons (Fsp3) is 0.400. The summed E-state index contributed by atoms with van der Waals surface area (Å²) in [7, 11) is 1.68. The third-order valence-corrected chi connectivity index (χ3v) is 3.36. The molecule has 5 heteroatoms. The summed E-state index contributed by atoms with van der Waals surface area (Å²) >= 11 is 0. The van der Waals surface area contributed by atoms with Gasteiger partial charge in [0, 0.05) is 18.3 Å². The van der Waals surface area contributed by atoms with Crippen LogP contribution in [0.25, 0.3) is 0 Å². The fourth-order valence-electron chi connectivity index (χ4n) is 2.35. The zero-order valence-electron chi connectivity index (χ0n) is 12.3. The van der Waals surface area contributed by atoms with E-state index in [1.54, 1.807) is 7.11 Å². The van der Waals surface area contributed by atoms with Gasteiger partial charge in [-0.15, -0.1) is 0 Å². The Morgan fingerprint density at radius 1 is 1.40 bits per heavy atom. The number of rotatable bonds is 6. The number of aromatic nitrogens is 2. The highest BCUT2D eigenvalue weighted by Crippen LogP contribution is 2.26. The van der Waals surface area contributed by atoms with Crippen LogP contribution in [0, 0.1) is 6.92 Å². The van der Waals surface area contributed by atoms with Crippen LogP contribution in [-0.2, 0) is 6.54 Å². The van der Waals surface area contributed by atoms with Gasteiger partial charge in [-0.1, -0.05) is 19.1 Å². The van der Waals surface area contributed by atoms with Gasteiger partial charge in [-0.25, -0.2) is 5.43 Å². The molecule has 0 aliphatic rings. The monoisotopic (exact) mass is 274 g/mol. The Labute approximate surface area is 119 Å². The first kappa shape index (κ1) is 14.6. The van der Waals surface area contributed by atoms with E-state index in [0.29, 0.717) is 0 Å². The maximum absolute atomic E-state index is 5.72. The molecule has 0 saturated heterocycles. The van der Waals surface area contributed by atoms with Crippen LogP contribution in [-0.4, -0.2) is 16.9 Å². The Bertz CT molecular complexity index is 565. The van der Waals surface area contributed by atoms with E-state index in [4.69, 9.17) is 10.6 Å². The molecule has 0 radical (unpaired) electrons. The first-order valence-electron chi connectivity index (χ1n) is 6.82. The summed E-state index contributed by atoms with van der Waals surface area (Å²) in [4.78, 5) is 0. The Morgan fingerprint density at radius 2 is 2.20 bits per heavy atom. The van der Waals surface area contributed by atoms with Crippen LogP contribution in [0.3, 0.4) is 0 Å². The smallest absolute Gasteiger partial charge is 0.121 e. The van der Waals surface area contributed by atoms with Gasteiger partial charge in [0.25, 0.3) is 0 Å². The standard InChI is InChI=1S/C15H22N4O/c1-4-7-19-10-13(9-17-19)15(18-16)12-5-6-14(20-3)11(2)8-12/h5-6,8-10,15,18H,4,7,16H2,1-3H3. The number of ether oxygens (including phenoxy) is 1. The van der Waals surface area contributed by atoms with Crippen molar-refractivity contribution < 1.29 is 4.74 Å². The summed E-state index contributed by atoms with van der Waals surface area (Å²) in [6.07, 6.45) is 4.96. The molecule has 1 heterocycles. The molecule has 0 aliphatic carbocycles. The van der Waals surface area contributed by atoms with Gasteiger partial charge in [-0.3, -0.25) is 10.5 Å². The first-order valence-corrected chi connectivity index (χ1v) is 6.82. The molecular weight excluding hydrogens is 252 g/mol. The minimum Gasteiger partial charge on any atom is -0.496 e. The quantitative estimate of drug-likeness (QED) is 0.626. The number of nitrogens with two attached hydrogens (primary N) is 1. The van der Waals surface area contributed by atoms with Crippen LogP contribution >= 0.6 is 0 Å². The summed E-state index contributed by atoms with van der Waals surface area (Å²) in [5.74, 6) is 6.60. The molecule has 2 rings (SSSR count). The van der Waals surface area contributed by atoms with Gasteiger partial charge < -0.3 is 4.74 Å². The van der Waals surface area contributed by atoms with Crippen molar-refractivity contribution in [2.75, 3.05) is 7.11 Å². The van der Waals surface area contributed by atoms with Crippen molar-refractivity contribution in [3.8, 4) is 5.75 Å². The molecule has 3 N–H and O–H groups in total. The largest absolute Gasteiger partial charge is 0.496 e. The van der Waals surface area contributed by atoms with E-state index in [-0.39, 0.29) is 6.04 Å².